The Bertz CT molecular complexity index is 1020. The quantitative estimate of drug-likeness (QED) is 0.777. The Morgan fingerprint density at radius 2 is 2.04 bits per heavy atom. The molecule has 1 N–H and O–H groups in total. The fourth-order valence-electron chi connectivity index (χ4n) is 2.33. The number of fused-ring (bicyclic) bond motifs is 1. The molecular weight excluding hydrogens is 348 g/mol. The van der Waals surface area contributed by atoms with Gasteiger partial charge >= 0.3 is 5.97 Å². The highest BCUT2D eigenvalue weighted by Gasteiger charge is 2.12. The van der Waals surface area contributed by atoms with Gasteiger partial charge in [-0.05, 0) is 42.8 Å². The number of aryl methyl sites for hydroxylation is 1. The molecule has 0 spiro atoms. The lowest BCUT2D eigenvalue weighted by atomic mass is 10.2. The first-order valence-corrected chi connectivity index (χ1v) is 8.30. The van der Waals surface area contributed by atoms with E-state index >= 15 is 0 Å². The highest BCUT2D eigenvalue weighted by molar-refractivity contribution is 7.16. The van der Waals surface area contributed by atoms with Crippen molar-refractivity contribution >= 4 is 45.0 Å². The maximum atomic E-state index is 12.4. The third kappa shape index (κ3) is 3.39. The van der Waals surface area contributed by atoms with Crippen LogP contribution in [0.4, 0.5) is 0 Å². The number of benzene rings is 2. The average Bonchev–Trinajstić information content (AvgIpc) is 2.84. The Labute approximate surface area is 146 Å². The Morgan fingerprint density at radius 1 is 1.25 bits per heavy atom. The second-order valence-electron chi connectivity index (χ2n) is 5.26. The maximum Gasteiger partial charge on any atom is 0.323 e. The minimum absolute atomic E-state index is 0.259. The molecule has 0 radical (unpaired) electrons. The fraction of sp³-hybridized carbons (Fsp3) is 0.118. The molecule has 1 heterocycles. The third-order valence-corrected chi connectivity index (χ3v) is 4.69. The van der Waals surface area contributed by atoms with Crippen LogP contribution in [0.25, 0.3) is 10.2 Å². The van der Waals surface area contributed by atoms with Gasteiger partial charge < -0.3 is 9.67 Å². The van der Waals surface area contributed by atoms with E-state index in [4.69, 9.17) is 16.7 Å². The van der Waals surface area contributed by atoms with Gasteiger partial charge in [-0.25, -0.2) is 0 Å². The smallest absolute Gasteiger partial charge is 0.323 e. The maximum absolute atomic E-state index is 12.4. The molecule has 7 heteroatoms. The molecule has 0 saturated heterocycles. The molecule has 0 atom stereocenters. The first-order valence-electron chi connectivity index (χ1n) is 7.10. The van der Waals surface area contributed by atoms with Gasteiger partial charge in [0.1, 0.15) is 6.54 Å². The van der Waals surface area contributed by atoms with E-state index in [2.05, 4.69) is 4.99 Å². The molecular formula is C17H13ClN2O3S. The van der Waals surface area contributed by atoms with Crippen LogP contribution in [-0.4, -0.2) is 21.6 Å². The first-order chi connectivity index (χ1) is 11.4. The first kappa shape index (κ1) is 16.4. The SMILES string of the molecule is Cc1ccc2s/c(=N\C(=O)c3cccc(Cl)c3)n(CC(=O)O)c2c1. The number of rotatable bonds is 3. The van der Waals surface area contributed by atoms with E-state index in [1.54, 1.807) is 18.2 Å². The second-order valence-corrected chi connectivity index (χ2v) is 6.71. The van der Waals surface area contributed by atoms with Gasteiger partial charge in [0.2, 0.25) is 0 Å². The van der Waals surface area contributed by atoms with Crippen LogP contribution in [0.2, 0.25) is 5.02 Å². The summed E-state index contributed by atoms with van der Waals surface area (Å²) >= 11 is 7.18. The molecule has 2 aromatic carbocycles. The van der Waals surface area contributed by atoms with Gasteiger partial charge in [0, 0.05) is 10.6 Å². The van der Waals surface area contributed by atoms with Crippen molar-refractivity contribution in [2.75, 3.05) is 0 Å². The van der Waals surface area contributed by atoms with Gasteiger partial charge in [0.25, 0.3) is 5.91 Å². The van der Waals surface area contributed by atoms with E-state index < -0.39 is 11.9 Å². The molecule has 0 bridgehead atoms. The predicted molar refractivity (Wildman–Crippen MR) is 93.5 cm³/mol. The summed E-state index contributed by atoms with van der Waals surface area (Å²) in [5, 5.41) is 9.61. The minimum Gasteiger partial charge on any atom is -0.480 e. The molecule has 1 amide bonds. The highest BCUT2D eigenvalue weighted by Crippen LogP contribution is 2.19. The lowest BCUT2D eigenvalue weighted by Crippen LogP contribution is -2.21. The largest absolute Gasteiger partial charge is 0.480 e. The number of carbonyl (C=O) groups excluding carboxylic acids is 1. The van der Waals surface area contributed by atoms with Gasteiger partial charge in [0.15, 0.2) is 4.80 Å². The van der Waals surface area contributed by atoms with Crippen molar-refractivity contribution in [3.63, 3.8) is 0 Å². The van der Waals surface area contributed by atoms with Crippen molar-refractivity contribution in [1.29, 1.82) is 0 Å². The van der Waals surface area contributed by atoms with E-state index in [9.17, 15) is 9.59 Å². The molecule has 5 nitrogen and oxygen atoms in total. The van der Waals surface area contributed by atoms with Crippen LogP contribution in [0.5, 0.6) is 0 Å². The second kappa shape index (κ2) is 6.59. The van der Waals surface area contributed by atoms with E-state index in [1.165, 1.54) is 22.0 Å². The molecule has 24 heavy (non-hydrogen) atoms. The van der Waals surface area contributed by atoms with Crippen molar-refractivity contribution in [2.24, 2.45) is 4.99 Å². The predicted octanol–water partition coefficient (Wildman–Crippen LogP) is 3.49. The van der Waals surface area contributed by atoms with E-state index in [0.29, 0.717) is 15.4 Å². The molecule has 3 rings (SSSR count). The average molecular weight is 361 g/mol. The zero-order valence-electron chi connectivity index (χ0n) is 12.7. The fourth-order valence-corrected chi connectivity index (χ4v) is 3.52. The molecule has 0 aliphatic carbocycles. The molecule has 0 saturated carbocycles. The zero-order valence-corrected chi connectivity index (χ0v) is 14.3. The number of aromatic nitrogens is 1. The molecule has 1 aromatic heterocycles. The van der Waals surface area contributed by atoms with Gasteiger partial charge in [-0.3, -0.25) is 9.59 Å². The van der Waals surface area contributed by atoms with Crippen molar-refractivity contribution in [3.05, 3.63) is 63.4 Å². The van der Waals surface area contributed by atoms with Crippen molar-refractivity contribution in [2.45, 2.75) is 13.5 Å². The number of nitrogens with zero attached hydrogens (tertiary/aromatic N) is 2. The standard InChI is InChI=1S/C17H13ClN2O3S/c1-10-5-6-14-13(7-10)20(9-15(21)22)17(24-14)19-16(23)11-3-2-4-12(18)8-11/h2-8H,9H2,1H3,(H,21,22)/b19-17-. The number of carboxylic acid groups (broad SMARTS) is 1. The van der Waals surface area contributed by atoms with Gasteiger partial charge in [0.05, 0.1) is 10.2 Å². The number of hydrogen-bond donors (Lipinski definition) is 1. The van der Waals surface area contributed by atoms with Crippen LogP contribution in [0.3, 0.4) is 0 Å². The number of carbonyl (C=O) groups is 2. The molecule has 0 aliphatic rings. The summed E-state index contributed by atoms with van der Waals surface area (Å²) in [6.45, 7) is 1.67. The monoisotopic (exact) mass is 360 g/mol. The summed E-state index contributed by atoms with van der Waals surface area (Å²) in [4.78, 5) is 28.0. The number of hydrogen-bond acceptors (Lipinski definition) is 3. The van der Waals surface area contributed by atoms with E-state index in [0.717, 1.165) is 15.8 Å². The van der Waals surface area contributed by atoms with Crippen LogP contribution >= 0.6 is 22.9 Å². The normalized spacial score (nSPS) is 11.8. The highest BCUT2D eigenvalue weighted by atomic mass is 35.5. The summed E-state index contributed by atoms with van der Waals surface area (Å²) in [5.74, 6) is -1.45. The van der Waals surface area contributed by atoms with Gasteiger partial charge in [-0.15, -0.1) is 0 Å². The lowest BCUT2D eigenvalue weighted by molar-refractivity contribution is -0.137. The Kier molecular flexibility index (Phi) is 4.51. The Balaban J connectivity index is 2.17. The van der Waals surface area contributed by atoms with Crippen LogP contribution < -0.4 is 4.80 Å². The zero-order chi connectivity index (χ0) is 17.3. The molecule has 3 aromatic rings. The minimum atomic E-state index is -0.993. The van der Waals surface area contributed by atoms with Gasteiger partial charge in [-0.2, -0.15) is 4.99 Å². The van der Waals surface area contributed by atoms with E-state index in [1.807, 2.05) is 25.1 Å². The number of thiazole rings is 1. The summed E-state index contributed by atoms with van der Waals surface area (Å²) in [7, 11) is 0. The number of aliphatic carboxylic acids is 1. The van der Waals surface area contributed by atoms with Crippen molar-refractivity contribution in [1.82, 2.24) is 4.57 Å². The molecule has 0 unspecified atom stereocenters. The lowest BCUT2D eigenvalue weighted by Gasteiger charge is -2.02. The van der Waals surface area contributed by atoms with Crippen LogP contribution in [0.15, 0.2) is 47.5 Å². The summed E-state index contributed by atoms with van der Waals surface area (Å²) in [6.07, 6.45) is 0. The van der Waals surface area contributed by atoms with Crippen molar-refractivity contribution < 1.29 is 14.7 Å². The summed E-state index contributed by atoms with van der Waals surface area (Å²) in [6, 6.07) is 12.2. The van der Waals surface area contributed by atoms with E-state index in [-0.39, 0.29) is 6.54 Å². The Morgan fingerprint density at radius 3 is 2.75 bits per heavy atom. The van der Waals surface area contributed by atoms with Crippen LogP contribution in [0, 0.1) is 6.92 Å². The molecule has 122 valence electrons. The summed E-state index contributed by atoms with van der Waals surface area (Å²) < 4.78 is 2.41. The van der Waals surface area contributed by atoms with Crippen LogP contribution in [-0.2, 0) is 11.3 Å². The van der Waals surface area contributed by atoms with Crippen LogP contribution in [0.1, 0.15) is 15.9 Å². The molecule has 0 fully saturated rings. The van der Waals surface area contributed by atoms with Crippen molar-refractivity contribution in [3.8, 4) is 0 Å². The number of carboxylic acids is 1. The summed E-state index contributed by atoms with van der Waals surface area (Å²) in [5.41, 5.74) is 2.12. The Hall–Kier alpha value is -2.44. The topological polar surface area (TPSA) is 71.7 Å². The number of halogens is 1. The molecule has 0 aliphatic heterocycles. The third-order valence-electron chi connectivity index (χ3n) is 3.40. The van der Waals surface area contributed by atoms with Gasteiger partial charge in [-0.1, -0.05) is 35.1 Å². The number of amides is 1.